The van der Waals surface area contributed by atoms with E-state index in [0.29, 0.717) is 47.7 Å². The minimum Gasteiger partial charge on any atom is -0.353 e. The Hall–Kier alpha value is -3.61. The van der Waals surface area contributed by atoms with Gasteiger partial charge in [-0.3, -0.25) is 0 Å². The second kappa shape index (κ2) is 11.4. The van der Waals surface area contributed by atoms with E-state index in [1.54, 1.807) is 23.1 Å². The van der Waals surface area contributed by atoms with Crippen LogP contribution in [-0.4, -0.2) is 47.1 Å². The molecule has 6 nitrogen and oxygen atoms in total. The molecule has 3 aromatic carbocycles. The maximum Gasteiger partial charge on any atom is 0.322 e. The van der Waals surface area contributed by atoms with Crippen LogP contribution in [0.1, 0.15) is 22.4 Å². The zero-order chi connectivity index (χ0) is 26.6. The van der Waals surface area contributed by atoms with Crippen molar-refractivity contribution in [3.8, 4) is 11.4 Å². The molecule has 2 heterocycles. The molecule has 0 atom stereocenters. The van der Waals surface area contributed by atoms with Gasteiger partial charge in [-0.15, -0.1) is 0 Å². The normalized spacial score (nSPS) is 13.5. The molecule has 2 amide bonds. The number of nitrogens with zero attached hydrogens (tertiary/aromatic N) is 4. The maximum absolute atomic E-state index is 13.0. The summed E-state index contributed by atoms with van der Waals surface area (Å²) in [6.45, 7) is 6.51. The van der Waals surface area contributed by atoms with Crippen molar-refractivity contribution in [1.82, 2.24) is 14.9 Å². The van der Waals surface area contributed by atoms with Gasteiger partial charge in [0.25, 0.3) is 0 Å². The molecule has 0 saturated carbocycles. The molecule has 8 heteroatoms. The number of urea groups is 1. The number of carbonyl (C=O) groups is 1. The fourth-order valence-electron chi connectivity index (χ4n) is 4.69. The van der Waals surface area contributed by atoms with E-state index in [0.717, 1.165) is 34.6 Å². The molecule has 0 aliphatic carbocycles. The third-order valence-electron chi connectivity index (χ3n) is 6.75. The molecule has 1 aliphatic heterocycles. The highest BCUT2D eigenvalue weighted by atomic mass is 35.5. The number of para-hydroxylation sites is 1. The van der Waals surface area contributed by atoms with Crippen molar-refractivity contribution in [1.29, 1.82) is 0 Å². The van der Waals surface area contributed by atoms with Crippen LogP contribution in [0.5, 0.6) is 0 Å². The van der Waals surface area contributed by atoms with Crippen molar-refractivity contribution < 1.29 is 4.79 Å². The third kappa shape index (κ3) is 5.77. The number of aromatic nitrogens is 2. The number of hydrogen-bond donors (Lipinski definition) is 1. The first-order chi connectivity index (χ1) is 18.4. The number of benzene rings is 3. The Morgan fingerprint density at radius 3 is 2.24 bits per heavy atom. The van der Waals surface area contributed by atoms with Crippen molar-refractivity contribution in [2.24, 2.45) is 0 Å². The van der Waals surface area contributed by atoms with Crippen LogP contribution in [0.25, 0.3) is 11.4 Å². The van der Waals surface area contributed by atoms with Gasteiger partial charge in [-0.1, -0.05) is 83.4 Å². The summed E-state index contributed by atoms with van der Waals surface area (Å²) in [5.74, 6) is 1.64. The van der Waals surface area contributed by atoms with Crippen LogP contribution >= 0.6 is 23.2 Å². The summed E-state index contributed by atoms with van der Waals surface area (Å²) in [7, 11) is 0. The lowest BCUT2D eigenvalue weighted by Crippen LogP contribution is -2.50. The van der Waals surface area contributed by atoms with E-state index in [1.165, 1.54) is 5.56 Å². The second-order valence-electron chi connectivity index (χ2n) is 9.47. The van der Waals surface area contributed by atoms with Gasteiger partial charge < -0.3 is 15.1 Å². The first-order valence-corrected chi connectivity index (χ1v) is 13.4. The predicted octanol–water partition coefficient (Wildman–Crippen LogP) is 7.01. The Morgan fingerprint density at radius 1 is 0.868 bits per heavy atom. The Bertz CT molecular complexity index is 1430. The Balaban J connectivity index is 1.40. The summed E-state index contributed by atoms with van der Waals surface area (Å²) in [5, 5.41) is 3.70. The fraction of sp³-hybridized carbons (Fsp3) is 0.233. The molecule has 1 aromatic heterocycles. The molecule has 0 spiro atoms. The monoisotopic (exact) mass is 545 g/mol. The third-order valence-corrected chi connectivity index (χ3v) is 7.38. The van der Waals surface area contributed by atoms with E-state index >= 15 is 0 Å². The highest BCUT2D eigenvalue weighted by Crippen LogP contribution is 2.31. The van der Waals surface area contributed by atoms with Gasteiger partial charge in [0.05, 0.1) is 15.7 Å². The summed E-state index contributed by atoms with van der Waals surface area (Å²) < 4.78 is 0. The number of halogens is 2. The number of carbonyl (C=O) groups excluding carboxylic acids is 1. The molecule has 4 aromatic rings. The molecule has 1 N–H and O–H groups in total. The van der Waals surface area contributed by atoms with E-state index < -0.39 is 0 Å². The standard InChI is InChI=1S/C30H29Cl2N5O/c1-20-8-6-11-23(18-20)28-33-21(2)24(19-22-9-4-3-5-10-22)29(35-28)36-14-16-37(17-15-36)30(38)34-27-25(31)12-7-13-26(27)32/h3-13,18H,14-17,19H2,1-2H3,(H,34,38). The molecular formula is C30H29Cl2N5O. The van der Waals surface area contributed by atoms with Crippen molar-refractivity contribution in [2.45, 2.75) is 20.3 Å². The molecule has 0 radical (unpaired) electrons. The summed E-state index contributed by atoms with van der Waals surface area (Å²) in [5.41, 5.74) is 5.87. The zero-order valence-corrected chi connectivity index (χ0v) is 22.9. The van der Waals surface area contributed by atoms with E-state index in [1.807, 2.05) is 18.2 Å². The molecule has 5 rings (SSSR count). The summed E-state index contributed by atoms with van der Waals surface area (Å²) in [4.78, 5) is 27.0. The smallest absolute Gasteiger partial charge is 0.322 e. The van der Waals surface area contributed by atoms with Crippen LogP contribution in [0.4, 0.5) is 16.3 Å². The van der Waals surface area contributed by atoms with Gasteiger partial charge in [0, 0.05) is 49.4 Å². The van der Waals surface area contributed by atoms with Crippen LogP contribution in [0.15, 0.2) is 72.8 Å². The lowest BCUT2D eigenvalue weighted by atomic mass is 10.0. The minimum atomic E-state index is -0.219. The fourth-order valence-corrected chi connectivity index (χ4v) is 5.18. The van der Waals surface area contributed by atoms with Crippen LogP contribution < -0.4 is 10.2 Å². The van der Waals surface area contributed by atoms with Crippen LogP contribution in [0, 0.1) is 13.8 Å². The van der Waals surface area contributed by atoms with Crippen molar-refractivity contribution in [3.05, 3.63) is 105 Å². The van der Waals surface area contributed by atoms with Gasteiger partial charge in [0.2, 0.25) is 0 Å². The number of aryl methyl sites for hydroxylation is 2. The number of hydrogen-bond acceptors (Lipinski definition) is 4. The molecule has 1 fully saturated rings. The van der Waals surface area contributed by atoms with E-state index in [4.69, 9.17) is 33.2 Å². The first kappa shape index (κ1) is 26.0. The van der Waals surface area contributed by atoms with Gasteiger partial charge in [-0.25, -0.2) is 14.8 Å². The molecule has 1 aliphatic rings. The largest absolute Gasteiger partial charge is 0.353 e. The lowest BCUT2D eigenvalue weighted by molar-refractivity contribution is 0.208. The molecule has 38 heavy (non-hydrogen) atoms. The Morgan fingerprint density at radius 2 is 1.55 bits per heavy atom. The average molecular weight is 547 g/mol. The van der Waals surface area contributed by atoms with Crippen LogP contribution in [-0.2, 0) is 6.42 Å². The van der Waals surface area contributed by atoms with Gasteiger partial charge in [0.1, 0.15) is 5.82 Å². The Labute approximate surface area is 233 Å². The van der Waals surface area contributed by atoms with E-state index in [2.05, 4.69) is 60.5 Å². The van der Waals surface area contributed by atoms with Crippen LogP contribution in [0.3, 0.4) is 0 Å². The van der Waals surface area contributed by atoms with Gasteiger partial charge >= 0.3 is 6.03 Å². The lowest BCUT2D eigenvalue weighted by Gasteiger charge is -2.36. The topological polar surface area (TPSA) is 61.4 Å². The average Bonchev–Trinajstić information content (AvgIpc) is 2.92. The number of rotatable bonds is 5. The van der Waals surface area contributed by atoms with Crippen LogP contribution in [0.2, 0.25) is 10.0 Å². The van der Waals surface area contributed by atoms with Gasteiger partial charge in [0.15, 0.2) is 5.82 Å². The molecular weight excluding hydrogens is 517 g/mol. The SMILES string of the molecule is Cc1cccc(-c2nc(C)c(Cc3ccccc3)c(N3CCN(C(=O)Nc4c(Cl)cccc4Cl)CC3)n2)c1. The molecule has 194 valence electrons. The minimum absolute atomic E-state index is 0.219. The van der Waals surface area contributed by atoms with Crippen molar-refractivity contribution >= 4 is 40.7 Å². The summed E-state index contributed by atoms with van der Waals surface area (Å²) >= 11 is 12.5. The molecule has 0 bridgehead atoms. The quantitative estimate of drug-likeness (QED) is 0.293. The van der Waals surface area contributed by atoms with Crippen molar-refractivity contribution in [2.75, 3.05) is 36.4 Å². The summed E-state index contributed by atoms with van der Waals surface area (Å²) in [6, 6.07) is 23.6. The summed E-state index contributed by atoms with van der Waals surface area (Å²) in [6.07, 6.45) is 0.738. The highest BCUT2D eigenvalue weighted by molar-refractivity contribution is 6.39. The predicted molar refractivity (Wildman–Crippen MR) is 155 cm³/mol. The van der Waals surface area contributed by atoms with Crippen molar-refractivity contribution in [3.63, 3.8) is 0 Å². The Kier molecular flexibility index (Phi) is 7.82. The number of nitrogens with one attached hydrogen (secondary N) is 1. The molecule has 0 unspecified atom stereocenters. The maximum atomic E-state index is 13.0. The van der Waals surface area contributed by atoms with Gasteiger partial charge in [-0.2, -0.15) is 0 Å². The van der Waals surface area contributed by atoms with E-state index in [-0.39, 0.29) is 6.03 Å². The molecule has 1 saturated heterocycles. The number of amides is 2. The number of anilines is 2. The van der Waals surface area contributed by atoms with E-state index in [9.17, 15) is 4.79 Å². The van der Waals surface area contributed by atoms with Gasteiger partial charge in [-0.05, 0) is 37.6 Å². The highest BCUT2D eigenvalue weighted by Gasteiger charge is 2.26. The number of piperazine rings is 1. The first-order valence-electron chi connectivity index (χ1n) is 12.6. The zero-order valence-electron chi connectivity index (χ0n) is 21.4. The second-order valence-corrected chi connectivity index (χ2v) is 10.3.